The van der Waals surface area contributed by atoms with Gasteiger partial charge in [-0.2, -0.15) is 0 Å². The fourth-order valence-electron chi connectivity index (χ4n) is 9.20. The van der Waals surface area contributed by atoms with Crippen molar-refractivity contribution in [2.75, 3.05) is 19.8 Å². The average molecular weight is 1150 g/mol. The lowest BCUT2D eigenvalue weighted by atomic mass is 9.95. The maximum absolute atomic E-state index is 13.4. The van der Waals surface area contributed by atoms with Crippen molar-refractivity contribution in [3.8, 4) is 5.75 Å². The van der Waals surface area contributed by atoms with Gasteiger partial charge in [-0.05, 0) is 28.8 Å². The third kappa shape index (κ3) is 17.8. The molecule has 4 aromatic carbocycles. The van der Waals surface area contributed by atoms with E-state index in [0.717, 1.165) is 57.9 Å². The molecule has 0 saturated carbocycles. The minimum atomic E-state index is -1.97. The Kier molecular flexibility index (Phi) is 22.7. The molecule has 7 rings (SSSR count). The molecular weight excluding hydrogens is 1080 g/mol. The minimum absolute atomic E-state index is 0.0131. The van der Waals surface area contributed by atoms with Crippen molar-refractivity contribution in [3.05, 3.63) is 142 Å². The Bertz CT molecular complexity index is 2740. The highest BCUT2D eigenvalue weighted by Gasteiger charge is 2.58. The molecule has 0 unspecified atom stereocenters. The molecule has 82 heavy (non-hydrogen) atoms. The van der Waals surface area contributed by atoms with E-state index in [1.807, 2.05) is 78.9 Å². The number of hydrogen-bond donors (Lipinski definition) is 1. The van der Waals surface area contributed by atoms with Crippen molar-refractivity contribution in [1.29, 1.82) is 0 Å². The molecule has 0 bridgehead atoms. The first-order valence-corrected chi connectivity index (χ1v) is 26.1. The highest BCUT2D eigenvalue weighted by Crippen LogP contribution is 2.38. The number of hydrogen-bond acceptors (Lipinski definition) is 24. The summed E-state index contributed by atoms with van der Waals surface area (Å²) in [4.78, 5) is 87.6. The SMILES string of the molecule is CC(=O)OC[C@H]1O[C@@H](O[C@H]2[C@H](OC(C)=O)[C@@H](OC(C)=O)[C@H](Oc3ccc([N+](=O)[O-])cc3)O[C@@H]2COC(C)=O)[C@H](OC(C)=O)[C@@H](O[C@H]2O[C@H](COC(C)=O)[C@H](OCc3ccccc3)[C@H](OCc3ccccc3)[C@H]2OCc2ccccc2)[C@H]1O. The molecule has 0 amide bonds. The number of nitro groups is 1. The van der Waals surface area contributed by atoms with Crippen molar-refractivity contribution < 1.29 is 110 Å². The molecule has 3 heterocycles. The predicted molar refractivity (Wildman–Crippen MR) is 277 cm³/mol. The van der Waals surface area contributed by atoms with Crippen LogP contribution in [0.4, 0.5) is 5.69 Å². The number of nitro benzene ring substituents is 1. The molecule has 442 valence electrons. The van der Waals surface area contributed by atoms with Crippen molar-refractivity contribution in [3.63, 3.8) is 0 Å². The summed E-state index contributed by atoms with van der Waals surface area (Å²) in [6.07, 6.45) is -24.1. The number of aliphatic hydroxyl groups is 1. The molecule has 15 atom stereocenters. The normalized spacial score (nSPS) is 27.9. The van der Waals surface area contributed by atoms with Gasteiger partial charge in [0.2, 0.25) is 12.4 Å². The topological polar surface area (TPSA) is 304 Å². The summed E-state index contributed by atoms with van der Waals surface area (Å²) in [6.45, 7) is 4.67. The van der Waals surface area contributed by atoms with Gasteiger partial charge in [0.05, 0.1) is 24.7 Å². The Balaban J connectivity index is 1.32. The van der Waals surface area contributed by atoms with E-state index in [-0.39, 0.29) is 31.3 Å². The third-order valence-corrected chi connectivity index (χ3v) is 12.8. The molecule has 0 aromatic heterocycles. The molecule has 0 radical (unpaired) electrons. The number of ether oxygens (including phenoxy) is 15. The second-order valence-electron chi connectivity index (χ2n) is 19.1. The number of benzene rings is 4. The molecule has 4 aromatic rings. The first-order chi connectivity index (χ1) is 39.3. The average Bonchev–Trinajstić information content (AvgIpc) is 2.53. The number of nitrogens with zero attached hydrogens (tertiary/aromatic N) is 1. The second-order valence-corrected chi connectivity index (χ2v) is 19.1. The van der Waals surface area contributed by atoms with Crippen LogP contribution in [0.25, 0.3) is 0 Å². The van der Waals surface area contributed by atoms with Crippen molar-refractivity contribution in [2.24, 2.45) is 0 Å². The molecule has 0 aliphatic carbocycles. The predicted octanol–water partition coefficient (Wildman–Crippen LogP) is 4.52. The third-order valence-electron chi connectivity index (χ3n) is 12.8. The number of carbonyl (C=O) groups is 6. The summed E-state index contributed by atoms with van der Waals surface area (Å²) in [5.74, 6) is -5.19. The molecule has 25 heteroatoms. The van der Waals surface area contributed by atoms with Crippen LogP contribution >= 0.6 is 0 Å². The van der Waals surface area contributed by atoms with E-state index < -0.39 is 153 Å². The van der Waals surface area contributed by atoms with Crippen LogP contribution in [0, 0.1) is 10.1 Å². The molecule has 3 fully saturated rings. The van der Waals surface area contributed by atoms with Gasteiger partial charge in [0, 0.05) is 53.7 Å². The minimum Gasteiger partial charge on any atom is -0.463 e. The molecule has 0 spiro atoms. The molecule has 25 nitrogen and oxygen atoms in total. The lowest BCUT2D eigenvalue weighted by molar-refractivity contribution is -0.385. The van der Waals surface area contributed by atoms with E-state index >= 15 is 0 Å². The van der Waals surface area contributed by atoms with Gasteiger partial charge >= 0.3 is 35.8 Å². The molecule has 1 N–H and O–H groups in total. The smallest absolute Gasteiger partial charge is 0.303 e. The quantitative estimate of drug-likeness (QED) is 0.0413. The maximum Gasteiger partial charge on any atom is 0.303 e. The zero-order valence-corrected chi connectivity index (χ0v) is 45.7. The summed E-state index contributed by atoms with van der Waals surface area (Å²) in [7, 11) is 0. The number of non-ortho nitro benzene ring substituents is 1. The Morgan fingerprint density at radius 1 is 0.439 bits per heavy atom. The summed E-state index contributed by atoms with van der Waals surface area (Å²) in [5.41, 5.74) is 1.94. The maximum atomic E-state index is 13.4. The van der Waals surface area contributed by atoms with E-state index in [0.29, 0.717) is 5.56 Å². The van der Waals surface area contributed by atoms with Gasteiger partial charge in [-0.25, -0.2) is 0 Å². The van der Waals surface area contributed by atoms with Crippen LogP contribution in [0.3, 0.4) is 0 Å². The van der Waals surface area contributed by atoms with Gasteiger partial charge in [0.25, 0.3) is 5.69 Å². The van der Waals surface area contributed by atoms with Gasteiger partial charge in [-0.3, -0.25) is 38.9 Å². The standard InChI is InChI=1S/C57H65NO24/c1-32(59)68-29-43-46(65)49(53(75-36(5)63)57(78-43)81-48-45(31-70-34(3)61)80-56(54(76-37(6)64)51(48)74-35(4)62)77-42-24-22-41(23-25-42)58(66)67)82-55-52(73-28-40-20-14-9-15-21-40)50(72-27-39-18-12-8-13-19-39)47(44(79-55)30-69-33(2)60)71-26-38-16-10-7-11-17-38/h7-25,43-57,65H,26-31H2,1-6H3/t43-,44-,45-,46+,47+,48-,49+,50+,51+,52-,53-,54-,55-,56-,57+/m1/s1. The summed E-state index contributed by atoms with van der Waals surface area (Å²) >= 11 is 0. The largest absolute Gasteiger partial charge is 0.463 e. The van der Waals surface area contributed by atoms with Crippen LogP contribution in [0.2, 0.25) is 0 Å². The van der Waals surface area contributed by atoms with Crippen LogP contribution in [0.1, 0.15) is 58.2 Å². The van der Waals surface area contributed by atoms with E-state index in [4.69, 9.17) is 71.1 Å². The second kappa shape index (κ2) is 30.0. The van der Waals surface area contributed by atoms with Crippen molar-refractivity contribution in [1.82, 2.24) is 0 Å². The van der Waals surface area contributed by atoms with Gasteiger partial charge < -0.3 is 76.2 Å². The van der Waals surface area contributed by atoms with Gasteiger partial charge in [-0.1, -0.05) is 91.0 Å². The van der Waals surface area contributed by atoms with E-state index in [2.05, 4.69) is 0 Å². The van der Waals surface area contributed by atoms with Crippen LogP contribution in [0.5, 0.6) is 5.75 Å². The summed E-state index contributed by atoms with van der Waals surface area (Å²) < 4.78 is 92.8. The van der Waals surface area contributed by atoms with Crippen LogP contribution < -0.4 is 4.74 Å². The molecule has 3 aliphatic rings. The van der Waals surface area contributed by atoms with Crippen LogP contribution in [-0.4, -0.2) is 158 Å². The zero-order chi connectivity index (χ0) is 58.9. The number of esters is 6. The Labute approximate surface area is 471 Å². The summed E-state index contributed by atoms with van der Waals surface area (Å²) in [6, 6.07) is 32.2. The fraction of sp³-hybridized carbons (Fsp3) is 0.474. The highest BCUT2D eigenvalue weighted by molar-refractivity contribution is 5.68. The Morgan fingerprint density at radius 3 is 1.28 bits per heavy atom. The summed E-state index contributed by atoms with van der Waals surface area (Å²) in [5, 5.41) is 23.9. The van der Waals surface area contributed by atoms with E-state index in [1.54, 1.807) is 12.1 Å². The van der Waals surface area contributed by atoms with Gasteiger partial charge in [0.15, 0.2) is 24.8 Å². The van der Waals surface area contributed by atoms with Crippen LogP contribution in [0.15, 0.2) is 115 Å². The number of aliphatic hydroxyl groups excluding tert-OH is 1. The Hall–Kier alpha value is -7.46. The number of rotatable bonds is 25. The monoisotopic (exact) mass is 1150 g/mol. The van der Waals surface area contributed by atoms with Gasteiger partial charge in [-0.15, -0.1) is 0 Å². The Morgan fingerprint density at radius 2 is 0.817 bits per heavy atom. The zero-order valence-electron chi connectivity index (χ0n) is 45.7. The number of carbonyl (C=O) groups excluding carboxylic acids is 6. The lowest BCUT2D eigenvalue weighted by Crippen LogP contribution is -2.68. The van der Waals surface area contributed by atoms with Crippen molar-refractivity contribution in [2.45, 2.75) is 153 Å². The first kappa shape index (κ1) is 62.1. The molecule has 3 aliphatic heterocycles. The van der Waals surface area contributed by atoms with Gasteiger partial charge in [0.1, 0.15) is 80.5 Å². The van der Waals surface area contributed by atoms with E-state index in [1.165, 1.54) is 19.1 Å². The highest BCUT2D eigenvalue weighted by atomic mass is 16.8. The lowest BCUT2D eigenvalue weighted by Gasteiger charge is -2.50. The van der Waals surface area contributed by atoms with Crippen LogP contribution in [-0.2, 0) is 115 Å². The fourth-order valence-corrected chi connectivity index (χ4v) is 9.20. The first-order valence-electron chi connectivity index (χ1n) is 26.1. The van der Waals surface area contributed by atoms with Crippen molar-refractivity contribution >= 4 is 41.5 Å². The molecular formula is C57H65NO24. The van der Waals surface area contributed by atoms with E-state index in [9.17, 15) is 44.0 Å². The molecule has 3 saturated heterocycles.